The number of benzene rings is 2. The van der Waals surface area contributed by atoms with Crippen molar-refractivity contribution in [1.29, 1.82) is 0 Å². The number of nitrogens with zero attached hydrogens (tertiary/aromatic N) is 1. The van der Waals surface area contributed by atoms with Crippen molar-refractivity contribution in [2.24, 2.45) is 0 Å². The second-order valence-corrected chi connectivity index (χ2v) is 8.33. The minimum absolute atomic E-state index is 0.344. The van der Waals surface area contributed by atoms with Crippen molar-refractivity contribution in [3.05, 3.63) is 87.2 Å². The summed E-state index contributed by atoms with van der Waals surface area (Å²) in [6.07, 6.45) is 4.28. The van der Waals surface area contributed by atoms with Gasteiger partial charge in [-0.2, -0.15) is 0 Å². The SMILES string of the molecule is O=C(O)c1c2c(nc3ccccc13)C(=Cc1ccc(-c3cc(Cl)ccc3Cl)o1)CCC2. The second kappa shape index (κ2) is 7.88. The Morgan fingerprint density at radius 2 is 1.90 bits per heavy atom. The summed E-state index contributed by atoms with van der Waals surface area (Å²) in [6, 6.07) is 16.3. The van der Waals surface area contributed by atoms with Crippen LogP contribution in [-0.4, -0.2) is 16.1 Å². The van der Waals surface area contributed by atoms with Crippen LogP contribution in [0.3, 0.4) is 0 Å². The average Bonchev–Trinajstić information content (AvgIpc) is 3.22. The quantitative estimate of drug-likeness (QED) is 0.354. The molecule has 0 atom stereocenters. The van der Waals surface area contributed by atoms with Crippen molar-refractivity contribution in [3.8, 4) is 11.3 Å². The number of aromatic carboxylic acids is 1. The van der Waals surface area contributed by atoms with Crippen molar-refractivity contribution in [2.45, 2.75) is 19.3 Å². The zero-order chi connectivity index (χ0) is 21.5. The van der Waals surface area contributed by atoms with E-state index in [2.05, 4.69) is 0 Å². The highest BCUT2D eigenvalue weighted by molar-refractivity contribution is 6.35. The zero-order valence-corrected chi connectivity index (χ0v) is 17.9. The van der Waals surface area contributed by atoms with Crippen LogP contribution in [0.25, 0.3) is 33.9 Å². The van der Waals surface area contributed by atoms with Gasteiger partial charge in [0.2, 0.25) is 0 Å². The third-order valence-electron chi connectivity index (χ3n) is 5.52. The molecule has 2 heterocycles. The maximum Gasteiger partial charge on any atom is 0.336 e. The first-order valence-corrected chi connectivity index (χ1v) is 10.7. The molecule has 5 rings (SSSR count). The van der Waals surface area contributed by atoms with Gasteiger partial charge < -0.3 is 9.52 Å². The molecule has 4 nitrogen and oxygen atoms in total. The number of pyridine rings is 1. The first-order chi connectivity index (χ1) is 15.0. The smallest absolute Gasteiger partial charge is 0.336 e. The van der Waals surface area contributed by atoms with E-state index >= 15 is 0 Å². The van der Waals surface area contributed by atoms with Crippen LogP contribution in [0.5, 0.6) is 0 Å². The highest BCUT2D eigenvalue weighted by Gasteiger charge is 2.25. The maximum absolute atomic E-state index is 12.1. The van der Waals surface area contributed by atoms with Gasteiger partial charge in [-0.05, 0) is 72.9 Å². The highest BCUT2D eigenvalue weighted by atomic mass is 35.5. The van der Waals surface area contributed by atoms with E-state index in [0.717, 1.165) is 35.2 Å². The molecule has 1 aliphatic rings. The Balaban J connectivity index is 1.62. The fourth-order valence-electron chi connectivity index (χ4n) is 4.15. The van der Waals surface area contributed by atoms with Crippen LogP contribution >= 0.6 is 23.2 Å². The lowest BCUT2D eigenvalue weighted by molar-refractivity contribution is 0.0697. The number of para-hydroxylation sites is 1. The Labute approximate surface area is 188 Å². The van der Waals surface area contributed by atoms with E-state index in [1.54, 1.807) is 18.2 Å². The first-order valence-electron chi connectivity index (χ1n) is 9.92. The summed E-state index contributed by atoms with van der Waals surface area (Å²) in [4.78, 5) is 16.9. The number of hydrogen-bond acceptors (Lipinski definition) is 3. The standard InChI is InChI=1S/C25H17Cl2NO3/c26-15-8-10-20(27)19(13-15)22-11-9-16(31-22)12-14-4-3-6-18-23(25(29)30)17-5-1-2-7-21(17)28-24(14)18/h1-2,5,7-13H,3-4,6H2,(H,29,30). The summed E-state index contributed by atoms with van der Waals surface area (Å²) >= 11 is 12.4. The number of hydrogen-bond donors (Lipinski definition) is 1. The van der Waals surface area contributed by atoms with Crippen molar-refractivity contribution < 1.29 is 14.3 Å². The highest BCUT2D eigenvalue weighted by Crippen LogP contribution is 2.37. The summed E-state index contributed by atoms with van der Waals surface area (Å²) in [7, 11) is 0. The second-order valence-electron chi connectivity index (χ2n) is 7.49. The number of allylic oxidation sites excluding steroid dienone is 1. The van der Waals surface area contributed by atoms with Gasteiger partial charge in [-0.25, -0.2) is 9.78 Å². The van der Waals surface area contributed by atoms with Crippen LogP contribution in [-0.2, 0) is 6.42 Å². The van der Waals surface area contributed by atoms with Gasteiger partial charge in [-0.1, -0.05) is 41.4 Å². The summed E-state index contributed by atoms with van der Waals surface area (Å²) in [6.45, 7) is 0. The Kier molecular flexibility index (Phi) is 5.05. The molecular weight excluding hydrogens is 433 g/mol. The fourth-order valence-corrected chi connectivity index (χ4v) is 4.54. The molecule has 0 saturated heterocycles. The molecular formula is C25H17Cl2NO3. The van der Waals surface area contributed by atoms with Crippen LogP contribution in [0.4, 0.5) is 0 Å². The van der Waals surface area contributed by atoms with Gasteiger partial charge in [-0.15, -0.1) is 0 Å². The van der Waals surface area contributed by atoms with E-state index in [1.807, 2.05) is 42.5 Å². The Morgan fingerprint density at radius 1 is 1.06 bits per heavy atom. The lowest BCUT2D eigenvalue weighted by atomic mass is 9.86. The van der Waals surface area contributed by atoms with Crippen LogP contribution in [0, 0.1) is 0 Å². The molecule has 2 aromatic carbocycles. The Morgan fingerprint density at radius 3 is 2.74 bits per heavy atom. The number of carboxylic acids is 1. The molecule has 0 saturated carbocycles. The first kappa shape index (κ1) is 19.9. The van der Waals surface area contributed by atoms with Gasteiger partial charge in [0.25, 0.3) is 0 Å². The van der Waals surface area contributed by atoms with Crippen LogP contribution in [0.1, 0.15) is 40.2 Å². The van der Waals surface area contributed by atoms with Gasteiger partial charge >= 0.3 is 5.97 Å². The minimum Gasteiger partial charge on any atom is -0.478 e. The molecule has 0 unspecified atom stereocenters. The van der Waals surface area contributed by atoms with E-state index in [1.165, 1.54) is 0 Å². The monoisotopic (exact) mass is 449 g/mol. The number of carboxylic acid groups (broad SMARTS) is 1. The molecule has 2 aromatic heterocycles. The third-order valence-corrected chi connectivity index (χ3v) is 6.09. The predicted octanol–water partition coefficient (Wildman–Crippen LogP) is 7.38. The molecule has 0 amide bonds. The lowest BCUT2D eigenvalue weighted by Crippen LogP contribution is -2.13. The molecule has 0 radical (unpaired) electrons. The van der Waals surface area contributed by atoms with Gasteiger partial charge in [0.15, 0.2) is 0 Å². The number of fused-ring (bicyclic) bond motifs is 2. The van der Waals surface area contributed by atoms with Crippen LogP contribution in [0.2, 0.25) is 10.0 Å². The molecule has 31 heavy (non-hydrogen) atoms. The van der Waals surface area contributed by atoms with E-state index < -0.39 is 5.97 Å². The van der Waals surface area contributed by atoms with E-state index in [0.29, 0.717) is 44.5 Å². The maximum atomic E-state index is 12.1. The summed E-state index contributed by atoms with van der Waals surface area (Å²) in [5, 5.41) is 11.7. The van der Waals surface area contributed by atoms with E-state index in [-0.39, 0.29) is 0 Å². The number of aromatic nitrogens is 1. The van der Waals surface area contributed by atoms with Gasteiger partial charge in [0, 0.05) is 16.0 Å². The average molecular weight is 450 g/mol. The van der Waals surface area contributed by atoms with Gasteiger partial charge in [0.05, 0.1) is 21.8 Å². The van der Waals surface area contributed by atoms with Crippen molar-refractivity contribution in [3.63, 3.8) is 0 Å². The van der Waals surface area contributed by atoms with E-state index in [4.69, 9.17) is 32.6 Å². The normalized spacial score (nSPS) is 14.7. The van der Waals surface area contributed by atoms with Gasteiger partial charge in [-0.3, -0.25) is 0 Å². The Bertz CT molecular complexity index is 1370. The van der Waals surface area contributed by atoms with Crippen molar-refractivity contribution in [1.82, 2.24) is 4.98 Å². The molecule has 0 fully saturated rings. The molecule has 0 aliphatic heterocycles. The predicted molar refractivity (Wildman–Crippen MR) is 124 cm³/mol. The Hall–Kier alpha value is -3.08. The number of rotatable bonds is 3. The number of furan rings is 1. The fraction of sp³-hybridized carbons (Fsp3) is 0.120. The molecule has 6 heteroatoms. The van der Waals surface area contributed by atoms with E-state index in [9.17, 15) is 9.90 Å². The summed E-state index contributed by atoms with van der Waals surface area (Å²) in [5.41, 5.74) is 4.23. The molecule has 0 spiro atoms. The van der Waals surface area contributed by atoms with Crippen molar-refractivity contribution >= 4 is 51.7 Å². The topological polar surface area (TPSA) is 63.3 Å². The number of carbonyl (C=O) groups is 1. The molecule has 1 N–H and O–H groups in total. The summed E-state index contributed by atoms with van der Waals surface area (Å²) in [5.74, 6) is 0.348. The van der Waals surface area contributed by atoms with Crippen LogP contribution < -0.4 is 0 Å². The molecule has 154 valence electrons. The number of halogens is 2. The van der Waals surface area contributed by atoms with Crippen LogP contribution in [0.15, 0.2) is 59.0 Å². The van der Waals surface area contributed by atoms with Crippen molar-refractivity contribution in [2.75, 3.05) is 0 Å². The summed E-state index contributed by atoms with van der Waals surface area (Å²) < 4.78 is 6.02. The third kappa shape index (κ3) is 3.62. The lowest BCUT2D eigenvalue weighted by Gasteiger charge is -2.21. The minimum atomic E-state index is -0.924. The molecule has 0 bridgehead atoms. The molecule has 1 aliphatic carbocycles. The largest absolute Gasteiger partial charge is 0.478 e. The van der Waals surface area contributed by atoms with Gasteiger partial charge in [0.1, 0.15) is 11.5 Å². The molecule has 4 aromatic rings. The zero-order valence-electron chi connectivity index (χ0n) is 16.4.